The molecule has 19 heavy (non-hydrogen) atoms. The average molecular weight is 322 g/mol. The van der Waals surface area contributed by atoms with Crippen LogP contribution in [0.3, 0.4) is 0 Å². The zero-order chi connectivity index (χ0) is 14.0. The highest BCUT2D eigenvalue weighted by Gasteiger charge is 2.17. The van der Waals surface area contributed by atoms with Crippen molar-refractivity contribution in [2.75, 3.05) is 4.72 Å². The number of sulfonamides is 1. The summed E-state index contributed by atoms with van der Waals surface area (Å²) < 4.78 is 39.5. The number of hydrogen-bond acceptors (Lipinski definition) is 4. The van der Waals surface area contributed by atoms with Crippen LogP contribution in [0.5, 0.6) is 0 Å². The molecule has 0 fully saturated rings. The third-order valence-corrected chi connectivity index (χ3v) is 5.43. The fourth-order valence-corrected chi connectivity index (χ4v) is 3.71. The third kappa shape index (κ3) is 3.24. The smallest absolute Gasteiger partial charge is 0.271 e. The van der Waals surface area contributed by atoms with Gasteiger partial charge in [0.25, 0.3) is 10.0 Å². The molecule has 0 saturated carbocycles. The number of aliphatic hydroxyl groups is 1. The molecule has 4 nitrogen and oxygen atoms in total. The Hall–Kier alpha value is -1.15. The normalized spacial score (nSPS) is 11.5. The van der Waals surface area contributed by atoms with Gasteiger partial charge in [-0.2, -0.15) is 0 Å². The first-order valence-electron chi connectivity index (χ1n) is 5.08. The maximum atomic E-state index is 13.2. The van der Waals surface area contributed by atoms with Crippen LogP contribution < -0.4 is 4.72 Å². The number of thiophene rings is 1. The molecule has 1 aromatic carbocycles. The number of rotatable bonds is 4. The summed E-state index contributed by atoms with van der Waals surface area (Å²) in [4.78, 5) is 0. The van der Waals surface area contributed by atoms with Crippen molar-refractivity contribution in [1.82, 2.24) is 0 Å². The fraction of sp³-hybridized carbons (Fsp3) is 0.0909. The van der Waals surface area contributed by atoms with Crippen molar-refractivity contribution in [1.29, 1.82) is 0 Å². The lowest BCUT2D eigenvalue weighted by Gasteiger charge is -2.06. The Balaban J connectivity index is 2.28. The molecular weight excluding hydrogens is 313 g/mol. The summed E-state index contributed by atoms with van der Waals surface area (Å²) in [5.41, 5.74) is 0.591. The Labute approximate surface area is 118 Å². The van der Waals surface area contributed by atoms with E-state index in [2.05, 4.69) is 4.72 Å². The number of nitrogens with one attached hydrogen (secondary N) is 1. The molecule has 0 spiro atoms. The lowest BCUT2D eigenvalue weighted by atomic mass is 10.3. The molecule has 0 atom stereocenters. The van der Waals surface area contributed by atoms with Crippen LogP contribution in [0.4, 0.5) is 10.1 Å². The van der Waals surface area contributed by atoms with E-state index in [0.717, 1.165) is 17.4 Å². The Bertz CT molecular complexity index is 700. The molecule has 0 radical (unpaired) electrons. The molecule has 2 rings (SSSR count). The van der Waals surface area contributed by atoms with E-state index in [9.17, 15) is 12.8 Å². The Morgan fingerprint density at radius 3 is 2.68 bits per heavy atom. The zero-order valence-corrected chi connectivity index (χ0v) is 11.8. The molecule has 2 aromatic rings. The Morgan fingerprint density at radius 2 is 2.11 bits per heavy atom. The average Bonchev–Trinajstić information content (AvgIpc) is 2.83. The second kappa shape index (κ2) is 5.46. The van der Waals surface area contributed by atoms with Gasteiger partial charge in [-0.1, -0.05) is 11.6 Å². The summed E-state index contributed by atoms with van der Waals surface area (Å²) in [6.07, 6.45) is 0. The number of anilines is 1. The molecule has 1 aromatic heterocycles. The summed E-state index contributed by atoms with van der Waals surface area (Å²) in [6, 6.07) is 4.99. The largest absolute Gasteiger partial charge is 0.392 e. The summed E-state index contributed by atoms with van der Waals surface area (Å²) in [5.74, 6) is -0.705. The summed E-state index contributed by atoms with van der Waals surface area (Å²) in [7, 11) is -3.78. The molecule has 2 N–H and O–H groups in total. The first-order valence-corrected chi connectivity index (χ1v) is 7.82. The minimum Gasteiger partial charge on any atom is -0.392 e. The first kappa shape index (κ1) is 14.3. The number of aliphatic hydroxyl groups excluding tert-OH is 1. The Morgan fingerprint density at radius 1 is 1.37 bits per heavy atom. The molecule has 0 saturated heterocycles. The van der Waals surface area contributed by atoms with Gasteiger partial charge >= 0.3 is 0 Å². The highest BCUT2D eigenvalue weighted by molar-refractivity contribution is 7.94. The topological polar surface area (TPSA) is 66.4 Å². The number of benzene rings is 1. The summed E-state index contributed by atoms with van der Waals surface area (Å²) >= 11 is 6.49. The van der Waals surface area contributed by atoms with Gasteiger partial charge in [0.1, 0.15) is 10.0 Å². The van der Waals surface area contributed by atoms with Crippen LogP contribution in [0.25, 0.3) is 0 Å². The van der Waals surface area contributed by atoms with Crippen LogP contribution >= 0.6 is 22.9 Å². The van der Waals surface area contributed by atoms with Gasteiger partial charge in [-0.25, -0.2) is 12.8 Å². The van der Waals surface area contributed by atoms with Crippen molar-refractivity contribution in [3.8, 4) is 0 Å². The third-order valence-electron chi connectivity index (χ3n) is 2.25. The number of halogens is 2. The van der Waals surface area contributed by atoms with Gasteiger partial charge < -0.3 is 5.11 Å². The maximum absolute atomic E-state index is 13.2. The second-order valence-corrected chi connectivity index (χ2v) is 6.89. The zero-order valence-electron chi connectivity index (χ0n) is 9.43. The first-order chi connectivity index (χ1) is 8.92. The van der Waals surface area contributed by atoms with E-state index < -0.39 is 15.8 Å². The molecule has 1 heterocycles. The van der Waals surface area contributed by atoms with Gasteiger partial charge in [-0.05, 0) is 35.2 Å². The predicted octanol–water partition coefficient (Wildman–Crippen LogP) is 2.83. The van der Waals surface area contributed by atoms with E-state index in [-0.39, 0.29) is 21.5 Å². The standard InChI is InChI=1S/C11H9ClFNO3S2/c12-9-2-1-8(4-10(9)13)14-19(16,17)11-3-7(5-15)6-18-11/h1-4,6,14-15H,5H2. The van der Waals surface area contributed by atoms with Crippen molar-refractivity contribution in [2.24, 2.45) is 0 Å². The lowest BCUT2D eigenvalue weighted by molar-refractivity contribution is 0.282. The van der Waals surface area contributed by atoms with Gasteiger partial charge in [-0.3, -0.25) is 4.72 Å². The maximum Gasteiger partial charge on any atom is 0.271 e. The van der Waals surface area contributed by atoms with E-state index in [1.54, 1.807) is 0 Å². The lowest BCUT2D eigenvalue weighted by Crippen LogP contribution is -2.11. The molecule has 0 aliphatic rings. The molecule has 0 aliphatic carbocycles. The molecule has 0 amide bonds. The van der Waals surface area contributed by atoms with E-state index in [1.165, 1.54) is 23.6 Å². The van der Waals surface area contributed by atoms with Crippen LogP contribution in [0.1, 0.15) is 5.56 Å². The molecule has 102 valence electrons. The van der Waals surface area contributed by atoms with E-state index >= 15 is 0 Å². The van der Waals surface area contributed by atoms with Crippen LogP contribution in [-0.4, -0.2) is 13.5 Å². The quantitative estimate of drug-likeness (QED) is 0.910. The van der Waals surface area contributed by atoms with E-state index in [4.69, 9.17) is 16.7 Å². The Kier molecular flexibility index (Phi) is 4.10. The number of hydrogen-bond donors (Lipinski definition) is 2. The summed E-state index contributed by atoms with van der Waals surface area (Å²) in [6.45, 7) is -0.235. The summed E-state index contributed by atoms with van der Waals surface area (Å²) in [5, 5.41) is 10.4. The van der Waals surface area contributed by atoms with Crippen LogP contribution in [0.2, 0.25) is 5.02 Å². The van der Waals surface area contributed by atoms with Gasteiger partial charge in [0.2, 0.25) is 0 Å². The van der Waals surface area contributed by atoms with Crippen molar-refractivity contribution in [2.45, 2.75) is 10.8 Å². The fourth-order valence-electron chi connectivity index (χ4n) is 1.34. The molecule has 8 heteroatoms. The molecule has 0 bridgehead atoms. The van der Waals surface area contributed by atoms with E-state index in [1.807, 2.05) is 0 Å². The van der Waals surface area contributed by atoms with Crippen molar-refractivity contribution in [3.63, 3.8) is 0 Å². The molecule has 0 unspecified atom stereocenters. The SMILES string of the molecule is O=S(=O)(Nc1ccc(Cl)c(F)c1)c1cc(CO)cs1. The van der Waals surface area contributed by atoms with Gasteiger partial charge in [0.15, 0.2) is 0 Å². The van der Waals surface area contributed by atoms with Crippen LogP contribution in [0.15, 0.2) is 33.9 Å². The predicted molar refractivity (Wildman–Crippen MR) is 72.5 cm³/mol. The highest BCUT2D eigenvalue weighted by atomic mass is 35.5. The van der Waals surface area contributed by atoms with Gasteiger partial charge in [-0.15, -0.1) is 11.3 Å². The van der Waals surface area contributed by atoms with E-state index in [0.29, 0.717) is 5.56 Å². The van der Waals surface area contributed by atoms with Gasteiger partial charge in [0.05, 0.1) is 17.3 Å². The monoisotopic (exact) mass is 321 g/mol. The second-order valence-electron chi connectivity index (χ2n) is 3.67. The van der Waals surface area contributed by atoms with Crippen molar-refractivity contribution in [3.05, 3.63) is 46.0 Å². The van der Waals surface area contributed by atoms with Crippen molar-refractivity contribution < 1.29 is 17.9 Å². The minimum atomic E-state index is -3.78. The van der Waals surface area contributed by atoms with Gasteiger partial charge in [0, 0.05) is 0 Å². The van der Waals surface area contributed by atoms with Crippen LogP contribution in [0, 0.1) is 5.82 Å². The van der Waals surface area contributed by atoms with Crippen LogP contribution in [-0.2, 0) is 16.6 Å². The van der Waals surface area contributed by atoms with Crippen molar-refractivity contribution >= 4 is 38.6 Å². The highest BCUT2D eigenvalue weighted by Crippen LogP contribution is 2.25. The minimum absolute atomic E-state index is 0.0481. The molecule has 0 aliphatic heterocycles. The molecular formula is C11H9ClFNO3S2.